The van der Waals surface area contributed by atoms with Gasteiger partial charge in [-0.15, -0.1) is 0 Å². The van der Waals surface area contributed by atoms with Crippen LogP contribution < -0.4 is 0 Å². The Bertz CT molecular complexity index is 974. The van der Waals surface area contributed by atoms with Crippen molar-refractivity contribution in [2.75, 3.05) is 0 Å². The van der Waals surface area contributed by atoms with Crippen molar-refractivity contribution in [2.24, 2.45) is 10.8 Å². The lowest BCUT2D eigenvalue weighted by atomic mass is 9.71. The van der Waals surface area contributed by atoms with E-state index in [0.29, 0.717) is 10.8 Å². The molecule has 0 saturated heterocycles. The molecule has 0 fully saturated rings. The minimum Gasteiger partial charge on any atom is -0.299 e. The van der Waals surface area contributed by atoms with E-state index in [-0.39, 0.29) is 0 Å². The van der Waals surface area contributed by atoms with Gasteiger partial charge in [0.2, 0.25) is 0 Å². The van der Waals surface area contributed by atoms with Gasteiger partial charge in [0.05, 0.1) is 0 Å². The summed E-state index contributed by atoms with van der Waals surface area (Å²) in [6.45, 7) is 26.8. The van der Waals surface area contributed by atoms with Crippen LogP contribution >= 0.6 is 0 Å². The van der Waals surface area contributed by atoms with E-state index in [1.165, 1.54) is 80.9 Å². The predicted molar refractivity (Wildman–Crippen MR) is 189 cm³/mol. The van der Waals surface area contributed by atoms with Gasteiger partial charge in [-0.1, -0.05) is 103 Å². The van der Waals surface area contributed by atoms with Crippen molar-refractivity contribution in [1.29, 1.82) is 0 Å². The van der Waals surface area contributed by atoms with E-state index in [9.17, 15) is 4.79 Å². The van der Waals surface area contributed by atoms with Crippen LogP contribution in [0.4, 0.5) is 0 Å². The zero-order valence-electron chi connectivity index (χ0n) is 29.5. The normalized spacial score (nSPS) is 19.9. The summed E-state index contributed by atoms with van der Waals surface area (Å²) >= 11 is 0. The number of hydrogen-bond acceptors (Lipinski definition) is 1. The van der Waals surface area contributed by atoms with Crippen LogP contribution in [0.15, 0.2) is 81.5 Å². The van der Waals surface area contributed by atoms with Gasteiger partial charge in [0, 0.05) is 0 Å². The summed E-state index contributed by atoms with van der Waals surface area (Å²) in [5, 5.41) is 0. The van der Waals surface area contributed by atoms with Crippen LogP contribution in [0.3, 0.4) is 0 Å². The van der Waals surface area contributed by atoms with Crippen molar-refractivity contribution in [3.05, 3.63) is 81.5 Å². The van der Waals surface area contributed by atoms with Crippen LogP contribution in [0.25, 0.3) is 0 Å². The third kappa shape index (κ3) is 14.3. The highest BCUT2D eigenvalue weighted by Crippen LogP contribution is 2.43. The summed E-state index contributed by atoms with van der Waals surface area (Å²) in [7, 11) is 0. The van der Waals surface area contributed by atoms with Crippen LogP contribution in [-0.4, -0.2) is 6.29 Å². The van der Waals surface area contributed by atoms with Crippen molar-refractivity contribution in [3.8, 4) is 0 Å². The molecule has 0 atom stereocenters. The van der Waals surface area contributed by atoms with E-state index in [4.69, 9.17) is 0 Å². The molecule has 0 unspecified atom stereocenters. The maximum atomic E-state index is 10.4. The number of carbonyl (C=O) groups excluding carboxylic acids is 1. The molecule has 0 spiro atoms. The summed E-state index contributed by atoms with van der Waals surface area (Å²) in [5.74, 6) is 0. The zero-order valence-corrected chi connectivity index (χ0v) is 29.5. The van der Waals surface area contributed by atoms with Gasteiger partial charge in [-0.2, -0.15) is 0 Å². The van der Waals surface area contributed by atoms with E-state index in [1.54, 1.807) is 33.9 Å². The molecule has 2 aliphatic carbocycles. The molecule has 0 saturated carbocycles. The average molecular weight is 575 g/mol. The molecular weight excluding hydrogens is 508 g/mol. The van der Waals surface area contributed by atoms with Gasteiger partial charge in [-0.25, -0.2) is 0 Å². The first-order valence-corrected chi connectivity index (χ1v) is 16.8. The average Bonchev–Trinajstić information content (AvgIpc) is 2.88. The summed E-state index contributed by atoms with van der Waals surface area (Å²) in [5.41, 5.74) is 13.1. The lowest BCUT2D eigenvalue weighted by Gasteiger charge is -2.35. The highest BCUT2D eigenvalue weighted by Gasteiger charge is 2.28. The van der Waals surface area contributed by atoms with Crippen molar-refractivity contribution < 1.29 is 4.79 Å². The van der Waals surface area contributed by atoms with Gasteiger partial charge < -0.3 is 0 Å². The number of carbonyl (C=O) groups is 1. The smallest absolute Gasteiger partial charge is 0.142 e. The van der Waals surface area contributed by atoms with Crippen molar-refractivity contribution in [2.45, 2.75) is 159 Å². The minimum atomic E-state index is 0.395. The Morgan fingerprint density at radius 3 is 1.43 bits per heavy atom. The zero-order chi connectivity index (χ0) is 31.8. The van der Waals surface area contributed by atoms with Gasteiger partial charge in [-0.05, 0) is 148 Å². The molecule has 1 heteroatoms. The van der Waals surface area contributed by atoms with Gasteiger partial charge >= 0.3 is 0 Å². The van der Waals surface area contributed by atoms with E-state index in [1.807, 2.05) is 13.0 Å². The third-order valence-corrected chi connectivity index (χ3v) is 9.73. The lowest BCUT2D eigenvalue weighted by molar-refractivity contribution is -0.104. The molecule has 0 aromatic heterocycles. The first-order valence-electron chi connectivity index (χ1n) is 16.8. The highest BCUT2D eigenvalue weighted by atomic mass is 16.1. The topological polar surface area (TPSA) is 17.1 Å². The maximum absolute atomic E-state index is 10.4. The molecule has 1 nitrogen and oxygen atoms in total. The Morgan fingerprint density at radius 2 is 1.07 bits per heavy atom. The molecular formula is C41H66O. The fourth-order valence-corrected chi connectivity index (χ4v) is 6.88. The minimum absolute atomic E-state index is 0.395. The molecule has 0 bridgehead atoms. The number of aldehydes is 1. The second-order valence-corrected chi connectivity index (χ2v) is 14.6. The molecule has 0 aliphatic heterocycles. The summed E-state index contributed by atoms with van der Waals surface area (Å²) < 4.78 is 0. The van der Waals surface area contributed by atoms with Crippen LogP contribution in [-0.2, 0) is 4.79 Å². The molecule has 0 aromatic carbocycles. The van der Waals surface area contributed by atoms with Gasteiger partial charge in [0.25, 0.3) is 0 Å². The predicted octanol–water partition coefficient (Wildman–Crippen LogP) is 13.3. The number of rotatable bonds is 14. The molecule has 42 heavy (non-hydrogen) atoms. The second-order valence-electron chi connectivity index (χ2n) is 14.6. The van der Waals surface area contributed by atoms with Crippen molar-refractivity contribution in [1.82, 2.24) is 0 Å². The molecule has 2 aliphatic rings. The van der Waals surface area contributed by atoms with Gasteiger partial charge in [-0.3, -0.25) is 4.79 Å². The van der Waals surface area contributed by atoms with Crippen molar-refractivity contribution >= 4 is 6.29 Å². The maximum Gasteiger partial charge on any atom is 0.142 e. The molecule has 0 N–H and O–H groups in total. The Balaban J connectivity index is 0.000000420. The Morgan fingerprint density at radius 1 is 0.667 bits per heavy atom. The monoisotopic (exact) mass is 575 g/mol. The molecule has 0 aromatic rings. The van der Waals surface area contributed by atoms with Crippen LogP contribution in [0.5, 0.6) is 0 Å². The molecule has 0 radical (unpaired) electrons. The van der Waals surface area contributed by atoms with E-state index < -0.39 is 0 Å². The van der Waals surface area contributed by atoms with E-state index >= 15 is 0 Å². The summed E-state index contributed by atoms with van der Waals surface area (Å²) in [6, 6.07) is 0. The Kier molecular flexibility index (Phi) is 17.3. The first-order chi connectivity index (χ1) is 19.7. The molecule has 0 heterocycles. The summed E-state index contributed by atoms with van der Waals surface area (Å²) in [4.78, 5) is 10.4. The standard InChI is InChI=1S/C21H34.C20H32O/c1-7-10-17(2)11-8-12-18(3)14-15-20-19(4)13-9-16-21(20,5)6;1-16(8-6-9-17(2)13-15-21)11-12-19-18(3)10-7-14-20(19,4)5/h7,10,12H,1,8-9,11,13-16H2,2-6H3;8,13,15H,6-7,9-12,14H2,1-5H3/b17-10-,18-12+;16-8+,17-13+. The van der Waals surface area contributed by atoms with E-state index in [2.05, 4.69) is 87.1 Å². The van der Waals surface area contributed by atoms with Gasteiger partial charge in [0.15, 0.2) is 0 Å². The van der Waals surface area contributed by atoms with Gasteiger partial charge in [0.1, 0.15) is 6.29 Å². The van der Waals surface area contributed by atoms with E-state index in [0.717, 1.165) is 32.0 Å². The SMILES string of the molecule is C=C/C=C(/C)CC/C=C(\C)CCC1=C(C)CCCC1(C)C.CC1=C(CC/C(C)=C/CC/C(C)=C/C=O)C(C)(C)CCC1. The summed E-state index contributed by atoms with van der Waals surface area (Å²) in [6.07, 6.45) is 28.5. The van der Waals surface area contributed by atoms with Crippen LogP contribution in [0.1, 0.15) is 159 Å². The second kappa shape index (κ2) is 19.2. The van der Waals surface area contributed by atoms with Crippen molar-refractivity contribution in [3.63, 3.8) is 0 Å². The number of hydrogen-bond donors (Lipinski definition) is 0. The Labute approximate surface area is 262 Å². The molecule has 0 amide bonds. The Hall–Kier alpha value is -2.15. The number of allylic oxidation sites excluding steroid dienone is 13. The fraction of sp³-hybridized carbons (Fsp3) is 0.634. The lowest BCUT2D eigenvalue weighted by Crippen LogP contribution is -2.20. The molecule has 2 rings (SSSR count). The first kappa shape index (κ1) is 37.9. The van der Waals surface area contributed by atoms with Crippen LogP contribution in [0.2, 0.25) is 0 Å². The molecule has 236 valence electrons. The quantitative estimate of drug-likeness (QED) is 0.0872. The van der Waals surface area contributed by atoms with Crippen LogP contribution in [0, 0.1) is 10.8 Å². The fourth-order valence-electron chi connectivity index (χ4n) is 6.88. The third-order valence-electron chi connectivity index (χ3n) is 9.73. The highest BCUT2D eigenvalue weighted by molar-refractivity contribution is 5.65. The largest absolute Gasteiger partial charge is 0.299 e.